The molecule has 1 rings (SSSR count). The Morgan fingerprint density at radius 3 is 2.46 bits per heavy atom. The van der Waals surface area contributed by atoms with Crippen molar-refractivity contribution in [3.05, 3.63) is 26.4 Å². The first kappa shape index (κ1) is 11.0. The maximum absolute atomic E-state index is 12.5. The molecule has 0 fully saturated rings. The molecule has 0 amide bonds. The maximum Gasteiger partial charge on any atom is 0.266 e. The molecule has 0 saturated heterocycles. The Hall–Kier alpha value is -0.0700. The van der Waals surface area contributed by atoms with Gasteiger partial charge >= 0.3 is 0 Å². The van der Waals surface area contributed by atoms with Crippen LogP contribution in [0.2, 0.25) is 0 Å². The summed E-state index contributed by atoms with van der Waals surface area (Å²) in [6.45, 7) is 0.0569. The van der Waals surface area contributed by atoms with E-state index in [1.807, 2.05) is 0 Å². The molecule has 2 nitrogen and oxygen atoms in total. The zero-order valence-electron chi connectivity index (χ0n) is 6.40. The highest BCUT2D eigenvalue weighted by molar-refractivity contribution is 9.11. The van der Waals surface area contributed by atoms with Crippen LogP contribution >= 0.6 is 31.9 Å². The SMILES string of the molecule is NCc1c(Br)cnc(Br)c1C(F)F. The number of nitrogens with zero attached hydrogens (tertiary/aromatic N) is 1. The van der Waals surface area contributed by atoms with Crippen molar-refractivity contribution in [1.29, 1.82) is 0 Å². The molecule has 0 unspecified atom stereocenters. The van der Waals surface area contributed by atoms with Gasteiger partial charge in [-0.05, 0) is 37.4 Å². The summed E-state index contributed by atoms with van der Waals surface area (Å²) in [6.07, 6.45) is -1.13. The van der Waals surface area contributed by atoms with Gasteiger partial charge in [0.2, 0.25) is 0 Å². The van der Waals surface area contributed by atoms with Gasteiger partial charge in [0.25, 0.3) is 6.43 Å². The predicted molar refractivity (Wildman–Crippen MR) is 52.5 cm³/mol. The van der Waals surface area contributed by atoms with Gasteiger partial charge in [-0.1, -0.05) is 0 Å². The highest BCUT2D eigenvalue weighted by atomic mass is 79.9. The van der Waals surface area contributed by atoms with Crippen LogP contribution in [0.3, 0.4) is 0 Å². The van der Waals surface area contributed by atoms with Crippen molar-refractivity contribution in [3.8, 4) is 0 Å². The third-order valence-corrected chi connectivity index (χ3v) is 2.86. The minimum absolute atomic E-state index is 0.0569. The molecule has 0 aromatic carbocycles. The molecule has 0 aliphatic heterocycles. The lowest BCUT2D eigenvalue weighted by Gasteiger charge is -2.09. The van der Waals surface area contributed by atoms with E-state index in [4.69, 9.17) is 5.73 Å². The van der Waals surface area contributed by atoms with Gasteiger partial charge in [0.05, 0.1) is 5.56 Å². The standard InChI is InChI=1S/C7H6Br2F2N2/c8-4-2-13-6(9)5(7(10)11)3(4)1-12/h2,7H,1,12H2. The molecule has 1 aromatic rings. The summed E-state index contributed by atoms with van der Waals surface area (Å²) in [7, 11) is 0. The lowest BCUT2D eigenvalue weighted by molar-refractivity contribution is 0.148. The number of pyridine rings is 1. The summed E-state index contributed by atoms with van der Waals surface area (Å²) in [5, 5.41) is 0. The number of hydrogen-bond donors (Lipinski definition) is 1. The van der Waals surface area contributed by atoms with Crippen LogP contribution in [0.4, 0.5) is 8.78 Å². The van der Waals surface area contributed by atoms with Crippen LogP contribution in [0.15, 0.2) is 15.3 Å². The van der Waals surface area contributed by atoms with Gasteiger partial charge in [-0.2, -0.15) is 0 Å². The first-order valence-electron chi connectivity index (χ1n) is 3.39. The van der Waals surface area contributed by atoms with Gasteiger partial charge in [0.1, 0.15) is 4.60 Å². The second kappa shape index (κ2) is 4.43. The molecule has 0 atom stereocenters. The van der Waals surface area contributed by atoms with Crippen LogP contribution in [0.5, 0.6) is 0 Å². The Labute approximate surface area is 90.8 Å². The zero-order valence-corrected chi connectivity index (χ0v) is 9.57. The van der Waals surface area contributed by atoms with Crippen molar-refractivity contribution in [2.45, 2.75) is 13.0 Å². The van der Waals surface area contributed by atoms with Crippen LogP contribution < -0.4 is 5.73 Å². The van der Waals surface area contributed by atoms with Crippen molar-refractivity contribution < 1.29 is 8.78 Å². The lowest BCUT2D eigenvalue weighted by atomic mass is 10.1. The Morgan fingerprint density at radius 2 is 2.08 bits per heavy atom. The van der Waals surface area contributed by atoms with Crippen LogP contribution in [-0.2, 0) is 6.54 Å². The number of aromatic nitrogens is 1. The minimum atomic E-state index is -2.57. The van der Waals surface area contributed by atoms with E-state index in [1.54, 1.807) is 0 Å². The van der Waals surface area contributed by atoms with Crippen LogP contribution in [0.1, 0.15) is 17.6 Å². The van der Waals surface area contributed by atoms with Gasteiger partial charge in [0, 0.05) is 17.2 Å². The minimum Gasteiger partial charge on any atom is -0.326 e. The quantitative estimate of drug-likeness (QED) is 0.852. The zero-order chi connectivity index (χ0) is 10.0. The average Bonchev–Trinajstić information content (AvgIpc) is 2.07. The van der Waals surface area contributed by atoms with E-state index in [-0.39, 0.29) is 16.7 Å². The normalized spacial score (nSPS) is 10.9. The molecule has 0 aliphatic rings. The van der Waals surface area contributed by atoms with E-state index in [2.05, 4.69) is 36.8 Å². The first-order valence-corrected chi connectivity index (χ1v) is 4.97. The van der Waals surface area contributed by atoms with Crippen molar-refractivity contribution in [3.63, 3.8) is 0 Å². The smallest absolute Gasteiger partial charge is 0.266 e. The molecule has 0 spiro atoms. The first-order chi connectivity index (χ1) is 6.07. The van der Waals surface area contributed by atoms with E-state index < -0.39 is 6.43 Å². The molecule has 13 heavy (non-hydrogen) atoms. The van der Waals surface area contributed by atoms with E-state index in [0.717, 1.165) is 0 Å². The molecule has 6 heteroatoms. The Bertz CT molecular complexity index is 318. The Kier molecular flexibility index (Phi) is 3.75. The highest BCUT2D eigenvalue weighted by Crippen LogP contribution is 2.32. The molecule has 0 aliphatic carbocycles. The fraction of sp³-hybridized carbons (Fsp3) is 0.286. The molecule has 72 valence electrons. The summed E-state index contributed by atoms with van der Waals surface area (Å²) >= 11 is 6.07. The van der Waals surface area contributed by atoms with Gasteiger partial charge in [0.15, 0.2) is 0 Å². The molecule has 0 saturated carbocycles. The van der Waals surface area contributed by atoms with Crippen LogP contribution in [0.25, 0.3) is 0 Å². The molecule has 1 heterocycles. The van der Waals surface area contributed by atoms with Crippen LogP contribution in [0, 0.1) is 0 Å². The Balaban J connectivity index is 3.35. The van der Waals surface area contributed by atoms with E-state index in [1.165, 1.54) is 6.20 Å². The molecule has 1 aromatic heterocycles. The summed E-state index contributed by atoms with van der Waals surface area (Å²) in [6, 6.07) is 0. The number of halogens is 4. The van der Waals surface area contributed by atoms with Gasteiger partial charge in [-0.3, -0.25) is 0 Å². The lowest BCUT2D eigenvalue weighted by Crippen LogP contribution is -2.05. The summed E-state index contributed by atoms with van der Waals surface area (Å²) in [5.74, 6) is 0. The number of rotatable bonds is 2. The maximum atomic E-state index is 12.5. The molecular weight excluding hydrogens is 310 g/mol. The molecule has 0 bridgehead atoms. The topological polar surface area (TPSA) is 38.9 Å². The fourth-order valence-electron chi connectivity index (χ4n) is 0.943. The summed E-state index contributed by atoms with van der Waals surface area (Å²) in [4.78, 5) is 3.74. The monoisotopic (exact) mass is 314 g/mol. The molecule has 0 radical (unpaired) electrons. The van der Waals surface area contributed by atoms with E-state index in [9.17, 15) is 8.78 Å². The fourth-order valence-corrected chi connectivity index (χ4v) is 1.94. The second-order valence-electron chi connectivity index (χ2n) is 2.29. The van der Waals surface area contributed by atoms with E-state index >= 15 is 0 Å². The highest BCUT2D eigenvalue weighted by Gasteiger charge is 2.19. The van der Waals surface area contributed by atoms with Crippen molar-refractivity contribution in [2.24, 2.45) is 5.73 Å². The molecular formula is C7H6Br2F2N2. The summed E-state index contributed by atoms with van der Waals surface area (Å²) in [5.41, 5.74) is 5.59. The summed E-state index contributed by atoms with van der Waals surface area (Å²) < 4.78 is 25.7. The van der Waals surface area contributed by atoms with Crippen LogP contribution in [-0.4, -0.2) is 4.98 Å². The number of alkyl halides is 2. The number of nitrogens with two attached hydrogens (primary N) is 1. The predicted octanol–water partition coefficient (Wildman–Crippen LogP) is 3.00. The second-order valence-corrected chi connectivity index (χ2v) is 3.90. The average molecular weight is 316 g/mol. The molecule has 2 N–H and O–H groups in total. The third kappa shape index (κ3) is 2.24. The van der Waals surface area contributed by atoms with Gasteiger partial charge in [-0.25, -0.2) is 13.8 Å². The van der Waals surface area contributed by atoms with Crippen molar-refractivity contribution in [2.75, 3.05) is 0 Å². The Morgan fingerprint density at radius 1 is 1.46 bits per heavy atom. The number of hydrogen-bond acceptors (Lipinski definition) is 2. The van der Waals surface area contributed by atoms with Gasteiger partial charge < -0.3 is 5.73 Å². The van der Waals surface area contributed by atoms with Crippen molar-refractivity contribution >= 4 is 31.9 Å². The van der Waals surface area contributed by atoms with E-state index in [0.29, 0.717) is 10.0 Å². The largest absolute Gasteiger partial charge is 0.326 e. The van der Waals surface area contributed by atoms with Gasteiger partial charge in [-0.15, -0.1) is 0 Å². The van der Waals surface area contributed by atoms with Crippen molar-refractivity contribution in [1.82, 2.24) is 4.98 Å². The third-order valence-electron chi connectivity index (χ3n) is 1.55.